The smallest absolute Gasteiger partial charge is 0.270 e. The van der Waals surface area contributed by atoms with Gasteiger partial charge in [0.05, 0.1) is 28.8 Å². The average molecular weight is 452 g/mol. The summed E-state index contributed by atoms with van der Waals surface area (Å²) in [6, 6.07) is 9.53. The van der Waals surface area contributed by atoms with Crippen LogP contribution in [0.15, 0.2) is 41.3 Å². The zero-order valence-corrected chi connectivity index (χ0v) is 18.5. The Labute approximate surface area is 183 Å². The molecule has 29 heavy (non-hydrogen) atoms. The fourth-order valence-corrected chi connectivity index (χ4v) is 4.11. The zero-order valence-electron chi connectivity index (χ0n) is 16.1. The van der Waals surface area contributed by atoms with Gasteiger partial charge < -0.3 is 9.47 Å². The molecule has 0 aliphatic carbocycles. The molecular formula is C21H19ClFNO3S2. The minimum atomic E-state index is -0.553. The van der Waals surface area contributed by atoms with Crippen LogP contribution in [0.4, 0.5) is 10.1 Å². The van der Waals surface area contributed by atoms with Crippen LogP contribution in [0.25, 0.3) is 6.08 Å². The van der Waals surface area contributed by atoms with Crippen LogP contribution in [0.3, 0.4) is 0 Å². The van der Waals surface area contributed by atoms with E-state index in [1.807, 2.05) is 26.0 Å². The first-order valence-corrected chi connectivity index (χ1v) is 10.5. The molecule has 1 unspecified atom stereocenters. The summed E-state index contributed by atoms with van der Waals surface area (Å²) in [7, 11) is 1.57. The minimum Gasteiger partial charge on any atom is -0.493 e. The van der Waals surface area contributed by atoms with Crippen LogP contribution < -0.4 is 14.4 Å². The number of benzene rings is 2. The van der Waals surface area contributed by atoms with Crippen molar-refractivity contribution >= 4 is 57.6 Å². The molecule has 1 aliphatic heterocycles. The molecular weight excluding hydrogens is 433 g/mol. The van der Waals surface area contributed by atoms with Crippen molar-refractivity contribution in [1.82, 2.24) is 0 Å². The lowest BCUT2D eigenvalue weighted by Gasteiger charge is -2.16. The second-order valence-electron chi connectivity index (χ2n) is 6.36. The lowest BCUT2D eigenvalue weighted by molar-refractivity contribution is -0.113. The monoisotopic (exact) mass is 451 g/mol. The molecule has 1 fully saturated rings. The highest BCUT2D eigenvalue weighted by Gasteiger charge is 2.33. The van der Waals surface area contributed by atoms with Crippen molar-refractivity contribution in [3.8, 4) is 11.5 Å². The number of hydrogen-bond donors (Lipinski definition) is 0. The van der Waals surface area contributed by atoms with Crippen molar-refractivity contribution in [2.75, 3.05) is 12.0 Å². The van der Waals surface area contributed by atoms with Gasteiger partial charge in [-0.2, -0.15) is 0 Å². The van der Waals surface area contributed by atoms with Crippen LogP contribution >= 0.6 is 35.6 Å². The van der Waals surface area contributed by atoms with Gasteiger partial charge in [-0.3, -0.25) is 9.69 Å². The summed E-state index contributed by atoms with van der Waals surface area (Å²) < 4.78 is 25.1. The first kappa shape index (κ1) is 21.6. The highest BCUT2D eigenvalue weighted by molar-refractivity contribution is 8.27. The third-order valence-corrected chi connectivity index (χ3v) is 5.94. The van der Waals surface area contributed by atoms with Gasteiger partial charge in [0.15, 0.2) is 15.8 Å². The summed E-state index contributed by atoms with van der Waals surface area (Å²) in [4.78, 5) is 14.7. The molecule has 2 aromatic carbocycles. The van der Waals surface area contributed by atoms with E-state index in [0.717, 1.165) is 12.0 Å². The number of thioether (sulfide) groups is 1. The first-order valence-electron chi connectivity index (χ1n) is 8.91. The minimum absolute atomic E-state index is 0.0635. The molecule has 1 atom stereocenters. The number of rotatable bonds is 6. The van der Waals surface area contributed by atoms with Gasteiger partial charge in [0.2, 0.25) is 0 Å². The van der Waals surface area contributed by atoms with Crippen LogP contribution in [0.1, 0.15) is 25.8 Å². The predicted molar refractivity (Wildman–Crippen MR) is 120 cm³/mol. The summed E-state index contributed by atoms with van der Waals surface area (Å²) in [6.45, 7) is 4.03. The third kappa shape index (κ3) is 4.74. The maximum atomic E-state index is 13.4. The van der Waals surface area contributed by atoms with E-state index >= 15 is 0 Å². The van der Waals surface area contributed by atoms with Crippen molar-refractivity contribution < 1.29 is 18.7 Å². The number of ether oxygens (including phenoxy) is 2. The van der Waals surface area contributed by atoms with Gasteiger partial charge in [-0.1, -0.05) is 48.6 Å². The zero-order chi connectivity index (χ0) is 21.1. The Hall–Kier alpha value is -2.09. The summed E-state index contributed by atoms with van der Waals surface area (Å²) >= 11 is 12.4. The fraction of sp³-hybridized carbons (Fsp3) is 0.238. The van der Waals surface area contributed by atoms with Crippen molar-refractivity contribution in [3.05, 3.63) is 57.7 Å². The van der Waals surface area contributed by atoms with E-state index < -0.39 is 5.82 Å². The van der Waals surface area contributed by atoms with Crippen LogP contribution in [0.5, 0.6) is 11.5 Å². The Kier molecular flexibility index (Phi) is 6.82. The number of halogens is 2. The Morgan fingerprint density at radius 3 is 2.69 bits per heavy atom. The average Bonchev–Trinajstić information content (AvgIpc) is 2.98. The van der Waals surface area contributed by atoms with Gasteiger partial charge in [-0.15, -0.1) is 0 Å². The lowest BCUT2D eigenvalue weighted by Crippen LogP contribution is -2.27. The quantitative estimate of drug-likeness (QED) is 0.393. The third-order valence-electron chi connectivity index (χ3n) is 4.34. The number of methoxy groups -OCH3 is 1. The molecule has 2 aromatic rings. The number of carbonyl (C=O) groups is 1. The number of hydrogen-bond acceptors (Lipinski definition) is 5. The Morgan fingerprint density at radius 1 is 1.28 bits per heavy atom. The first-order chi connectivity index (χ1) is 13.8. The van der Waals surface area contributed by atoms with Crippen molar-refractivity contribution in [3.63, 3.8) is 0 Å². The van der Waals surface area contributed by atoms with E-state index in [-0.39, 0.29) is 17.0 Å². The summed E-state index contributed by atoms with van der Waals surface area (Å²) in [5, 5.41) is -0.0674. The molecule has 1 heterocycles. The second kappa shape index (κ2) is 9.15. The summed E-state index contributed by atoms with van der Waals surface area (Å²) in [5.41, 5.74) is 1.20. The fourth-order valence-electron chi connectivity index (χ4n) is 2.64. The molecule has 0 bridgehead atoms. The summed E-state index contributed by atoms with van der Waals surface area (Å²) in [6.07, 6.45) is 2.68. The van der Waals surface area contributed by atoms with Crippen molar-refractivity contribution in [1.29, 1.82) is 0 Å². The van der Waals surface area contributed by atoms with Gasteiger partial charge in [-0.05, 0) is 55.3 Å². The Morgan fingerprint density at radius 2 is 2.03 bits per heavy atom. The highest BCUT2D eigenvalue weighted by atomic mass is 35.5. The highest BCUT2D eigenvalue weighted by Crippen LogP contribution is 2.38. The number of anilines is 1. The topological polar surface area (TPSA) is 38.8 Å². The normalized spacial score (nSPS) is 16.4. The van der Waals surface area contributed by atoms with E-state index in [1.54, 1.807) is 19.3 Å². The van der Waals surface area contributed by atoms with E-state index in [9.17, 15) is 9.18 Å². The van der Waals surface area contributed by atoms with E-state index in [4.69, 9.17) is 33.3 Å². The lowest BCUT2D eigenvalue weighted by atomic mass is 10.1. The van der Waals surface area contributed by atoms with E-state index in [0.29, 0.717) is 26.4 Å². The Balaban J connectivity index is 1.88. The molecule has 4 nitrogen and oxygen atoms in total. The Bertz CT molecular complexity index is 996. The second-order valence-corrected chi connectivity index (χ2v) is 8.45. The summed E-state index contributed by atoms with van der Waals surface area (Å²) in [5.74, 6) is 0.386. The van der Waals surface area contributed by atoms with Crippen molar-refractivity contribution in [2.24, 2.45) is 0 Å². The molecule has 0 spiro atoms. The molecule has 0 saturated carbocycles. The van der Waals surface area contributed by atoms with Crippen LogP contribution in [0, 0.1) is 5.82 Å². The molecule has 1 amide bonds. The predicted octanol–water partition coefficient (Wildman–Crippen LogP) is 6.07. The maximum absolute atomic E-state index is 13.4. The van der Waals surface area contributed by atoms with Crippen LogP contribution in [0.2, 0.25) is 5.02 Å². The molecule has 0 aromatic heterocycles. The molecule has 3 rings (SSSR count). The van der Waals surface area contributed by atoms with Crippen LogP contribution in [-0.2, 0) is 4.79 Å². The number of amides is 1. The van der Waals surface area contributed by atoms with E-state index in [1.165, 1.54) is 34.9 Å². The van der Waals surface area contributed by atoms with Crippen LogP contribution in [-0.4, -0.2) is 23.4 Å². The standard InChI is InChI=1S/C21H19ClFNO3S2/c1-4-12(2)27-17-8-5-13(9-18(17)26-3)10-19-20(25)24(21(28)29-19)14-6-7-16(23)15(22)11-14/h5-12H,4H2,1-3H3/b19-10+. The number of nitrogens with zero attached hydrogens (tertiary/aromatic N) is 1. The number of thiocarbonyl (C=S) groups is 1. The molecule has 1 aliphatic rings. The van der Waals surface area contributed by atoms with Gasteiger partial charge in [0.25, 0.3) is 5.91 Å². The molecule has 0 radical (unpaired) electrons. The SMILES string of the molecule is CCC(C)Oc1ccc(/C=C2/SC(=S)N(c3ccc(F)c(Cl)c3)C2=O)cc1OC. The van der Waals surface area contributed by atoms with Gasteiger partial charge in [0, 0.05) is 0 Å². The number of carbonyl (C=O) groups excluding carboxylic acids is 1. The van der Waals surface area contributed by atoms with Gasteiger partial charge in [-0.25, -0.2) is 4.39 Å². The molecule has 0 N–H and O–H groups in total. The maximum Gasteiger partial charge on any atom is 0.270 e. The van der Waals surface area contributed by atoms with Gasteiger partial charge >= 0.3 is 0 Å². The largest absolute Gasteiger partial charge is 0.493 e. The molecule has 152 valence electrons. The van der Waals surface area contributed by atoms with Gasteiger partial charge in [0.1, 0.15) is 5.82 Å². The molecule has 8 heteroatoms. The van der Waals surface area contributed by atoms with E-state index in [2.05, 4.69) is 0 Å². The molecule has 1 saturated heterocycles. The van der Waals surface area contributed by atoms with Crippen molar-refractivity contribution in [2.45, 2.75) is 26.4 Å².